The van der Waals surface area contributed by atoms with Crippen LogP contribution in [0.3, 0.4) is 0 Å². The van der Waals surface area contributed by atoms with E-state index in [0.29, 0.717) is 17.3 Å². The summed E-state index contributed by atoms with van der Waals surface area (Å²) in [6, 6.07) is 3.44. The smallest absolute Gasteiger partial charge is 0.251 e. The number of hydrogen-bond donors (Lipinski definition) is 1. The molecule has 1 N–H and O–H groups in total. The van der Waals surface area contributed by atoms with Crippen molar-refractivity contribution < 1.29 is 13.2 Å². The maximum atomic E-state index is 12.7. The van der Waals surface area contributed by atoms with Crippen molar-refractivity contribution >= 4 is 27.3 Å². The molecule has 0 aliphatic heterocycles. The lowest BCUT2D eigenvalue weighted by Crippen LogP contribution is -2.28. The number of amides is 1. The zero-order valence-electron chi connectivity index (χ0n) is 15.3. The maximum Gasteiger partial charge on any atom is 0.251 e. The number of halogens is 1. The van der Waals surface area contributed by atoms with Gasteiger partial charge < -0.3 is 5.32 Å². The second-order valence-corrected chi connectivity index (χ2v) is 8.60. The van der Waals surface area contributed by atoms with Crippen LogP contribution in [0.4, 0.5) is 0 Å². The van der Waals surface area contributed by atoms with Gasteiger partial charge in [0.05, 0.1) is 10.9 Å². The highest BCUT2D eigenvalue weighted by atomic mass is 35.5. The second-order valence-electron chi connectivity index (χ2n) is 6.14. The lowest BCUT2D eigenvalue weighted by atomic mass is 10.1. The van der Waals surface area contributed by atoms with E-state index in [4.69, 9.17) is 11.6 Å². The van der Waals surface area contributed by atoms with Gasteiger partial charge in [-0.1, -0.05) is 11.6 Å². The average molecular weight is 421 g/mol. The predicted octanol–water partition coefficient (Wildman–Crippen LogP) is 1.91. The molecule has 1 atom stereocenters. The average Bonchev–Trinajstić information content (AvgIpc) is 3.06. The molecule has 0 radical (unpaired) electrons. The Balaban J connectivity index is 1.90. The van der Waals surface area contributed by atoms with Gasteiger partial charge in [0, 0.05) is 29.2 Å². The maximum absolute atomic E-state index is 12.7. The molecule has 9 nitrogen and oxygen atoms in total. The van der Waals surface area contributed by atoms with E-state index in [9.17, 15) is 13.2 Å². The Kier molecular flexibility index (Phi) is 5.43. The van der Waals surface area contributed by atoms with E-state index in [0.717, 1.165) is 6.26 Å². The number of carbonyl (C=O) groups is 1. The first-order valence-corrected chi connectivity index (χ1v) is 10.4. The van der Waals surface area contributed by atoms with Crippen LogP contribution < -0.4 is 5.32 Å². The van der Waals surface area contributed by atoms with Gasteiger partial charge in [-0.15, -0.1) is 0 Å². The number of rotatable bonds is 5. The predicted molar refractivity (Wildman–Crippen MR) is 102 cm³/mol. The molecule has 1 amide bonds. The van der Waals surface area contributed by atoms with Crippen molar-refractivity contribution in [3.8, 4) is 5.82 Å². The zero-order chi connectivity index (χ0) is 20.5. The number of aryl methyl sites for hydroxylation is 1. The molecule has 2 heterocycles. The van der Waals surface area contributed by atoms with Crippen LogP contribution in [0, 0.1) is 6.92 Å². The third-order valence-corrected chi connectivity index (χ3v) is 5.16. The summed E-state index contributed by atoms with van der Waals surface area (Å²) in [6.45, 7) is 3.48. The molecule has 2 aromatic heterocycles. The van der Waals surface area contributed by atoms with Crippen LogP contribution in [0.25, 0.3) is 5.82 Å². The van der Waals surface area contributed by atoms with Crippen molar-refractivity contribution in [1.82, 2.24) is 30.0 Å². The van der Waals surface area contributed by atoms with Crippen molar-refractivity contribution in [1.29, 1.82) is 0 Å². The van der Waals surface area contributed by atoms with Crippen molar-refractivity contribution in [2.75, 3.05) is 6.26 Å². The van der Waals surface area contributed by atoms with E-state index in [2.05, 4.69) is 25.4 Å². The Bertz CT molecular complexity index is 1150. The molecule has 0 fully saturated rings. The fourth-order valence-corrected chi connectivity index (χ4v) is 3.51. The minimum atomic E-state index is -3.51. The molecule has 0 aliphatic carbocycles. The largest absolute Gasteiger partial charge is 0.344 e. The van der Waals surface area contributed by atoms with Gasteiger partial charge in [0.15, 0.2) is 15.7 Å². The summed E-state index contributed by atoms with van der Waals surface area (Å²) in [7, 11) is -3.51. The lowest BCUT2D eigenvalue weighted by molar-refractivity contribution is 0.0939. The van der Waals surface area contributed by atoms with Crippen LogP contribution in [0.2, 0.25) is 5.02 Å². The summed E-state index contributed by atoms with van der Waals surface area (Å²) in [5.74, 6) is 0.505. The normalized spacial score (nSPS) is 12.6. The van der Waals surface area contributed by atoms with Crippen molar-refractivity contribution in [3.05, 3.63) is 59.0 Å². The van der Waals surface area contributed by atoms with E-state index in [1.165, 1.54) is 41.6 Å². The Morgan fingerprint density at radius 1 is 1.18 bits per heavy atom. The first-order valence-electron chi connectivity index (χ1n) is 8.16. The molecular weight excluding hydrogens is 404 g/mol. The van der Waals surface area contributed by atoms with Crippen LogP contribution in [-0.2, 0) is 9.84 Å². The Labute approximate surface area is 166 Å². The summed E-state index contributed by atoms with van der Waals surface area (Å²) in [5.41, 5.74) is 0.605. The van der Waals surface area contributed by atoms with Crippen LogP contribution >= 0.6 is 11.6 Å². The number of sulfone groups is 1. The third kappa shape index (κ3) is 4.34. The fourth-order valence-electron chi connectivity index (χ4n) is 2.53. The molecular formula is C17H17ClN6O3S. The van der Waals surface area contributed by atoms with Gasteiger partial charge in [-0.2, -0.15) is 5.10 Å². The van der Waals surface area contributed by atoms with Crippen LogP contribution in [0.15, 0.2) is 41.8 Å². The van der Waals surface area contributed by atoms with Crippen LogP contribution in [0.5, 0.6) is 0 Å². The molecule has 3 aromatic rings. The van der Waals surface area contributed by atoms with Gasteiger partial charge in [0.2, 0.25) is 0 Å². The van der Waals surface area contributed by atoms with E-state index in [1.54, 1.807) is 13.8 Å². The third-order valence-electron chi connectivity index (χ3n) is 3.85. The van der Waals surface area contributed by atoms with E-state index >= 15 is 0 Å². The monoisotopic (exact) mass is 420 g/mol. The number of hydrogen-bond acceptors (Lipinski definition) is 7. The van der Waals surface area contributed by atoms with Crippen LogP contribution in [0.1, 0.15) is 34.8 Å². The minimum absolute atomic E-state index is 0.0314. The number of carbonyl (C=O) groups excluding carboxylic acids is 1. The molecule has 1 aromatic carbocycles. The Hall–Kier alpha value is -2.85. The van der Waals surface area contributed by atoms with Gasteiger partial charge in [-0.3, -0.25) is 9.78 Å². The number of aromatic nitrogens is 5. The Morgan fingerprint density at radius 3 is 2.54 bits per heavy atom. The summed E-state index contributed by atoms with van der Waals surface area (Å²) >= 11 is 5.98. The minimum Gasteiger partial charge on any atom is -0.344 e. The number of nitrogens with one attached hydrogen (secondary N) is 1. The molecule has 0 spiro atoms. The van der Waals surface area contributed by atoms with Gasteiger partial charge in [0.25, 0.3) is 5.91 Å². The van der Waals surface area contributed by atoms with Gasteiger partial charge in [-0.25, -0.2) is 23.1 Å². The molecule has 146 valence electrons. The van der Waals surface area contributed by atoms with E-state index in [-0.39, 0.29) is 15.5 Å². The highest BCUT2D eigenvalue weighted by molar-refractivity contribution is 7.90. The van der Waals surface area contributed by atoms with E-state index in [1.807, 2.05) is 0 Å². The molecule has 1 unspecified atom stereocenters. The topological polar surface area (TPSA) is 120 Å². The summed E-state index contributed by atoms with van der Waals surface area (Å²) in [4.78, 5) is 25.3. The number of benzene rings is 1. The number of nitrogens with zero attached hydrogens (tertiary/aromatic N) is 5. The first-order chi connectivity index (χ1) is 13.1. The molecule has 0 bridgehead atoms. The van der Waals surface area contributed by atoms with Crippen LogP contribution in [-0.4, -0.2) is 45.3 Å². The summed E-state index contributed by atoms with van der Waals surface area (Å²) < 4.78 is 25.0. The van der Waals surface area contributed by atoms with E-state index < -0.39 is 21.8 Å². The molecule has 0 saturated carbocycles. The molecule has 0 saturated heterocycles. The van der Waals surface area contributed by atoms with Crippen molar-refractivity contribution in [2.45, 2.75) is 24.8 Å². The standard InChI is InChI=1S/C17H17ClN6O3S/c1-10(15-16(20-5-4-19-15)24-9-21-11(2)23-24)22-17(25)12-6-13(18)8-14(7-12)28(3,26)27/h4-10H,1-3H3,(H,22,25). The highest BCUT2D eigenvalue weighted by Crippen LogP contribution is 2.21. The summed E-state index contributed by atoms with van der Waals surface area (Å²) in [6.07, 6.45) is 5.58. The molecule has 28 heavy (non-hydrogen) atoms. The van der Waals surface area contributed by atoms with Gasteiger partial charge in [0.1, 0.15) is 17.8 Å². The molecule has 0 aliphatic rings. The van der Waals surface area contributed by atoms with Crippen molar-refractivity contribution in [3.63, 3.8) is 0 Å². The fraction of sp³-hybridized carbons (Fsp3) is 0.235. The quantitative estimate of drug-likeness (QED) is 0.669. The SMILES string of the molecule is Cc1ncn(-c2nccnc2C(C)NC(=O)c2cc(Cl)cc(S(C)(=O)=O)c2)n1. The lowest BCUT2D eigenvalue weighted by Gasteiger charge is -2.16. The molecule has 3 rings (SSSR count). The zero-order valence-corrected chi connectivity index (χ0v) is 16.9. The summed E-state index contributed by atoms with van der Waals surface area (Å²) in [5, 5.41) is 7.15. The highest BCUT2D eigenvalue weighted by Gasteiger charge is 2.20. The van der Waals surface area contributed by atoms with Gasteiger partial charge in [-0.05, 0) is 32.0 Å². The van der Waals surface area contributed by atoms with Gasteiger partial charge >= 0.3 is 0 Å². The Morgan fingerprint density at radius 2 is 1.89 bits per heavy atom. The first kappa shape index (κ1) is 19.9. The van der Waals surface area contributed by atoms with Crippen molar-refractivity contribution in [2.24, 2.45) is 0 Å². The molecule has 11 heteroatoms. The second kappa shape index (κ2) is 7.64.